The lowest BCUT2D eigenvalue weighted by molar-refractivity contribution is 0.223. The molecule has 146 valence electrons. The van der Waals surface area contributed by atoms with Crippen LogP contribution in [0.3, 0.4) is 0 Å². The lowest BCUT2D eigenvalue weighted by atomic mass is 10.0. The molecule has 1 aliphatic carbocycles. The summed E-state index contributed by atoms with van der Waals surface area (Å²) in [6, 6.07) is 6.13. The van der Waals surface area contributed by atoms with Gasteiger partial charge in [-0.1, -0.05) is 12.1 Å². The summed E-state index contributed by atoms with van der Waals surface area (Å²) in [4.78, 5) is 10.8. The van der Waals surface area contributed by atoms with Gasteiger partial charge in [0.1, 0.15) is 11.8 Å². The molecule has 0 radical (unpaired) electrons. The fourth-order valence-corrected chi connectivity index (χ4v) is 3.77. The van der Waals surface area contributed by atoms with Crippen LogP contribution in [-0.2, 0) is 4.74 Å². The van der Waals surface area contributed by atoms with Gasteiger partial charge >= 0.3 is 0 Å². The fraction of sp³-hybridized carbons (Fsp3) is 0.600. The lowest BCUT2D eigenvalue weighted by Gasteiger charge is -2.23. The highest BCUT2D eigenvalue weighted by molar-refractivity contribution is 6.40. The molecular formula is C20H25F2N3O2. The van der Waals surface area contributed by atoms with Crippen molar-refractivity contribution >= 4 is 11.6 Å². The molecule has 4 rings (SSSR count). The van der Waals surface area contributed by atoms with E-state index in [1.54, 1.807) is 25.3 Å². The average molecular weight is 377 g/mol. The Kier molecular flexibility index (Phi) is 5.12. The maximum absolute atomic E-state index is 14.3. The topological polar surface area (TPSA) is 46.4 Å². The first-order chi connectivity index (χ1) is 13.1. The SMILES string of the molecule is COC1=NC2CC2(F)N=C1CN1CCCC(COc2ccccc2F)CC1. The van der Waals surface area contributed by atoms with Crippen LogP contribution in [0.15, 0.2) is 34.3 Å². The smallest absolute Gasteiger partial charge is 0.232 e. The number of rotatable bonds is 5. The van der Waals surface area contributed by atoms with Crippen LogP contribution in [0.1, 0.15) is 25.7 Å². The number of halogens is 2. The third kappa shape index (κ3) is 4.13. The largest absolute Gasteiger partial charge is 0.490 e. The van der Waals surface area contributed by atoms with Gasteiger partial charge in [0.2, 0.25) is 11.7 Å². The Bertz CT molecular complexity index is 754. The Morgan fingerprint density at radius 1 is 1.26 bits per heavy atom. The summed E-state index contributed by atoms with van der Waals surface area (Å²) in [5.74, 6) is -0.677. The van der Waals surface area contributed by atoms with E-state index in [1.807, 2.05) is 0 Å². The Morgan fingerprint density at radius 3 is 2.93 bits per heavy atom. The number of likely N-dealkylation sites (tertiary alicyclic amines) is 1. The highest BCUT2D eigenvalue weighted by atomic mass is 19.1. The number of benzene rings is 1. The van der Waals surface area contributed by atoms with Gasteiger partial charge in [0.15, 0.2) is 11.6 Å². The van der Waals surface area contributed by atoms with Gasteiger partial charge in [0.05, 0.1) is 13.7 Å². The van der Waals surface area contributed by atoms with Crippen LogP contribution in [0.4, 0.5) is 8.78 Å². The normalized spacial score (nSPS) is 30.6. The zero-order chi connectivity index (χ0) is 18.9. The minimum Gasteiger partial charge on any atom is -0.490 e. The number of nitrogens with zero attached hydrogens (tertiary/aromatic N) is 3. The quantitative estimate of drug-likeness (QED) is 0.740. The van der Waals surface area contributed by atoms with E-state index < -0.39 is 5.79 Å². The van der Waals surface area contributed by atoms with E-state index in [-0.39, 0.29) is 11.9 Å². The molecule has 0 spiro atoms. The van der Waals surface area contributed by atoms with Gasteiger partial charge in [-0.3, -0.25) is 4.90 Å². The van der Waals surface area contributed by atoms with Crippen molar-refractivity contribution < 1.29 is 18.3 Å². The molecule has 1 saturated heterocycles. The van der Waals surface area contributed by atoms with E-state index in [1.165, 1.54) is 6.07 Å². The van der Waals surface area contributed by atoms with Crippen molar-refractivity contribution in [2.24, 2.45) is 15.9 Å². The number of para-hydroxylation sites is 1. The van der Waals surface area contributed by atoms with Crippen molar-refractivity contribution in [2.45, 2.75) is 37.5 Å². The predicted molar refractivity (Wildman–Crippen MR) is 99.8 cm³/mol. The molecular weight excluding hydrogens is 352 g/mol. The Morgan fingerprint density at radius 2 is 2.11 bits per heavy atom. The average Bonchev–Trinajstić information content (AvgIpc) is 3.37. The van der Waals surface area contributed by atoms with E-state index in [9.17, 15) is 8.78 Å². The number of aliphatic imine (C=N–C) groups is 2. The molecule has 1 aromatic rings. The lowest BCUT2D eigenvalue weighted by Crippen LogP contribution is -2.37. The van der Waals surface area contributed by atoms with E-state index in [0.29, 0.717) is 42.8 Å². The monoisotopic (exact) mass is 377 g/mol. The number of fused-ring (bicyclic) bond motifs is 1. The predicted octanol–water partition coefficient (Wildman–Crippen LogP) is 3.24. The maximum atomic E-state index is 14.3. The molecule has 2 fully saturated rings. The second kappa shape index (κ2) is 7.54. The Balaban J connectivity index is 1.30. The molecule has 5 nitrogen and oxygen atoms in total. The third-order valence-electron chi connectivity index (χ3n) is 5.49. The van der Waals surface area contributed by atoms with Gasteiger partial charge in [-0.05, 0) is 50.4 Å². The summed E-state index contributed by atoms with van der Waals surface area (Å²) in [5, 5.41) is 0. The van der Waals surface area contributed by atoms with Crippen LogP contribution in [0.2, 0.25) is 0 Å². The zero-order valence-corrected chi connectivity index (χ0v) is 15.5. The highest BCUT2D eigenvalue weighted by Crippen LogP contribution is 2.46. The van der Waals surface area contributed by atoms with Crippen LogP contribution in [-0.4, -0.2) is 61.7 Å². The van der Waals surface area contributed by atoms with Crippen molar-refractivity contribution in [3.8, 4) is 5.75 Å². The molecule has 7 heteroatoms. The first-order valence-electron chi connectivity index (χ1n) is 9.57. The van der Waals surface area contributed by atoms with Crippen LogP contribution in [0.25, 0.3) is 0 Å². The minimum absolute atomic E-state index is 0.309. The van der Waals surface area contributed by atoms with Crippen molar-refractivity contribution in [2.75, 3.05) is 33.4 Å². The molecule has 2 aliphatic heterocycles. The molecule has 0 bridgehead atoms. The first kappa shape index (κ1) is 18.3. The molecule has 3 unspecified atom stereocenters. The summed E-state index contributed by atoms with van der Waals surface area (Å²) < 4.78 is 38.9. The summed E-state index contributed by atoms with van der Waals surface area (Å²) >= 11 is 0. The highest BCUT2D eigenvalue weighted by Gasteiger charge is 2.59. The van der Waals surface area contributed by atoms with Crippen molar-refractivity contribution in [3.05, 3.63) is 30.1 Å². The van der Waals surface area contributed by atoms with Crippen LogP contribution in [0, 0.1) is 11.7 Å². The second-order valence-electron chi connectivity index (χ2n) is 7.55. The van der Waals surface area contributed by atoms with Crippen molar-refractivity contribution in [1.29, 1.82) is 0 Å². The van der Waals surface area contributed by atoms with E-state index in [4.69, 9.17) is 9.47 Å². The molecule has 0 amide bonds. The van der Waals surface area contributed by atoms with E-state index >= 15 is 0 Å². The maximum Gasteiger partial charge on any atom is 0.232 e. The number of hydrogen-bond donors (Lipinski definition) is 0. The van der Waals surface area contributed by atoms with Crippen molar-refractivity contribution in [1.82, 2.24) is 4.90 Å². The Hall–Kier alpha value is -2.02. The molecule has 3 atom stereocenters. The summed E-state index contributed by atoms with van der Waals surface area (Å²) in [6.07, 6.45) is 3.35. The fourth-order valence-electron chi connectivity index (χ4n) is 3.77. The standard InChI is InChI=1S/C20H25F2N3O2/c1-26-19-16(24-20(22)11-18(20)23-19)12-25-9-4-5-14(8-10-25)13-27-17-7-3-2-6-15(17)21/h2-3,6-7,14,18H,4-5,8-13H2,1H3. The minimum atomic E-state index is -1.50. The van der Waals surface area contributed by atoms with Crippen LogP contribution in [0.5, 0.6) is 5.75 Å². The summed E-state index contributed by atoms with van der Waals surface area (Å²) in [5.41, 5.74) is 0.606. The van der Waals surface area contributed by atoms with Crippen LogP contribution >= 0.6 is 0 Å². The number of methoxy groups -OCH3 is 1. The molecule has 0 aromatic heterocycles. The van der Waals surface area contributed by atoms with Crippen LogP contribution < -0.4 is 4.74 Å². The molecule has 1 saturated carbocycles. The summed E-state index contributed by atoms with van der Waals surface area (Å²) in [7, 11) is 1.56. The Labute approximate surface area is 158 Å². The number of ether oxygens (including phenoxy) is 2. The second-order valence-corrected chi connectivity index (χ2v) is 7.55. The molecule has 27 heavy (non-hydrogen) atoms. The van der Waals surface area contributed by atoms with Gasteiger partial charge in [0.25, 0.3) is 0 Å². The molecule has 0 N–H and O–H groups in total. The summed E-state index contributed by atoms with van der Waals surface area (Å²) in [6.45, 7) is 2.83. The number of hydrogen-bond acceptors (Lipinski definition) is 5. The van der Waals surface area contributed by atoms with Gasteiger partial charge < -0.3 is 9.47 Å². The molecule has 2 heterocycles. The van der Waals surface area contributed by atoms with Gasteiger partial charge in [-0.15, -0.1) is 0 Å². The van der Waals surface area contributed by atoms with E-state index in [0.717, 1.165) is 32.4 Å². The zero-order valence-electron chi connectivity index (χ0n) is 15.5. The third-order valence-corrected chi connectivity index (χ3v) is 5.49. The van der Waals surface area contributed by atoms with E-state index in [2.05, 4.69) is 14.9 Å². The first-order valence-corrected chi connectivity index (χ1v) is 9.57. The van der Waals surface area contributed by atoms with Gasteiger partial charge in [-0.2, -0.15) is 0 Å². The van der Waals surface area contributed by atoms with Gasteiger partial charge in [0, 0.05) is 13.0 Å². The molecule has 1 aromatic carbocycles. The van der Waals surface area contributed by atoms with Gasteiger partial charge in [-0.25, -0.2) is 18.8 Å². The van der Waals surface area contributed by atoms with Crippen molar-refractivity contribution in [3.63, 3.8) is 0 Å². The number of alkyl halides is 1. The molecule has 3 aliphatic rings.